The highest BCUT2D eigenvalue weighted by atomic mass is 32.1. The number of carbonyl (C=O) groups is 1. The monoisotopic (exact) mass is 442 g/mol. The van der Waals surface area contributed by atoms with Gasteiger partial charge in [-0.1, -0.05) is 37.7 Å². The molecule has 1 aromatic carbocycles. The Morgan fingerprint density at radius 3 is 2.77 bits per heavy atom. The van der Waals surface area contributed by atoms with E-state index in [1.165, 1.54) is 42.5 Å². The number of piperidine rings is 2. The first-order valence-corrected chi connectivity index (χ1v) is 13.2. The van der Waals surface area contributed by atoms with Crippen molar-refractivity contribution in [3.8, 4) is 0 Å². The SMILES string of the molecule is CCc1ccc2nc(N3CCC(C(=O)NCCCN4CCCCC4CC)CC3)sc2c1. The second kappa shape index (κ2) is 10.8. The highest BCUT2D eigenvalue weighted by Gasteiger charge is 2.26. The third kappa shape index (κ3) is 5.58. The number of hydrogen-bond acceptors (Lipinski definition) is 5. The first-order valence-electron chi connectivity index (χ1n) is 12.3. The molecule has 3 heterocycles. The zero-order chi connectivity index (χ0) is 21.6. The van der Waals surface area contributed by atoms with Crippen molar-refractivity contribution < 1.29 is 4.79 Å². The molecule has 2 fully saturated rings. The van der Waals surface area contributed by atoms with Crippen LogP contribution in [0.1, 0.15) is 64.4 Å². The zero-order valence-electron chi connectivity index (χ0n) is 19.2. The lowest BCUT2D eigenvalue weighted by atomic mass is 9.96. The van der Waals surface area contributed by atoms with Crippen molar-refractivity contribution in [1.82, 2.24) is 15.2 Å². The average Bonchev–Trinajstić information content (AvgIpc) is 3.25. The van der Waals surface area contributed by atoms with Gasteiger partial charge in [0.1, 0.15) is 0 Å². The zero-order valence-corrected chi connectivity index (χ0v) is 20.1. The predicted octanol–water partition coefficient (Wildman–Crippen LogP) is 4.85. The second-order valence-electron chi connectivity index (χ2n) is 9.15. The number of benzene rings is 1. The van der Waals surface area contributed by atoms with E-state index in [0.717, 1.165) is 68.6 Å². The van der Waals surface area contributed by atoms with Crippen LogP contribution >= 0.6 is 11.3 Å². The number of fused-ring (bicyclic) bond motifs is 1. The molecule has 31 heavy (non-hydrogen) atoms. The molecule has 5 nitrogen and oxygen atoms in total. The van der Waals surface area contributed by atoms with Gasteiger partial charge in [-0.25, -0.2) is 4.98 Å². The molecule has 1 amide bonds. The smallest absolute Gasteiger partial charge is 0.223 e. The summed E-state index contributed by atoms with van der Waals surface area (Å²) in [5.41, 5.74) is 2.46. The number of aryl methyl sites for hydroxylation is 1. The van der Waals surface area contributed by atoms with E-state index in [-0.39, 0.29) is 11.8 Å². The van der Waals surface area contributed by atoms with Crippen LogP contribution in [0.15, 0.2) is 18.2 Å². The van der Waals surface area contributed by atoms with E-state index >= 15 is 0 Å². The topological polar surface area (TPSA) is 48.5 Å². The normalized spacial score (nSPS) is 21.0. The van der Waals surface area contributed by atoms with Crippen LogP contribution in [0, 0.1) is 5.92 Å². The maximum Gasteiger partial charge on any atom is 0.223 e. The van der Waals surface area contributed by atoms with Gasteiger partial charge in [0.2, 0.25) is 5.91 Å². The van der Waals surface area contributed by atoms with Crippen LogP contribution < -0.4 is 10.2 Å². The molecule has 6 heteroatoms. The summed E-state index contributed by atoms with van der Waals surface area (Å²) in [6, 6.07) is 7.34. The molecular formula is C25H38N4OS. The van der Waals surface area contributed by atoms with E-state index in [9.17, 15) is 4.79 Å². The van der Waals surface area contributed by atoms with Crippen LogP contribution in [-0.4, -0.2) is 54.6 Å². The molecular weight excluding hydrogens is 404 g/mol. The summed E-state index contributed by atoms with van der Waals surface area (Å²) in [5.74, 6) is 0.401. The molecule has 170 valence electrons. The number of nitrogens with zero attached hydrogens (tertiary/aromatic N) is 3. The van der Waals surface area contributed by atoms with Gasteiger partial charge in [-0.2, -0.15) is 0 Å². The molecule has 0 bridgehead atoms. The Morgan fingerprint density at radius 2 is 2.00 bits per heavy atom. The van der Waals surface area contributed by atoms with Crippen LogP contribution in [0.5, 0.6) is 0 Å². The van der Waals surface area contributed by atoms with Crippen molar-refractivity contribution in [2.24, 2.45) is 5.92 Å². The van der Waals surface area contributed by atoms with Gasteiger partial charge in [0.25, 0.3) is 0 Å². The van der Waals surface area contributed by atoms with Gasteiger partial charge in [-0.15, -0.1) is 0 Å². The van der Waals surface area contributed by atoms with Crippen LogP contribution in [0.2, 0.25) is 0 Å². The Labute approximate surface area is 191 Å². The average molecular weight is 443 g/mol. The fraction of sp³-hybridized carbons (Fsp3) is 0.680. The van der Waals surface area contributed by atoms with E-state index in [2.05, 4.69) is 47.2 Å². The Hall–Kier alpha value is -1.66. The minimum absolute atomic E-state index is 0.149. The van der Waals surface area contributed by atoms with Crippen molar-refractivity contribution in [2.45, 2.75) is 71.3 Å². The number of rotatable bonds is 8. The van der Waals surface area contributed by atoms with Crippen LogP contribution in [-0.2, 0) is 11.2 Å². The molecule has 2 aliphatic heterocycles. The number of likely N-dealkylation sites (tertiary alicyclic amines) is 1. The third-order valence-corrected chi connectivity index (χ3v) is 8.21. The predicted molar refractivity (Wildman–Crippen MR) is 131 cm³/mol. The quantitative estimate of drug-likeness (QED) is 0.594. The van der Waals surface area contributed by atoms with Gasteiger partial charge in [0, 0.05) is 38.1 Å². The van der Waals surface area contributed by atoms with Crippen LogP contribution in [0.4, 0.5) is 5.13 Å². The molecule has 4 rings (SSSR count). The summed E-state index contributed by atoms with van der Waals surface area (Å²) in [5, 5.41) is 4.32. The summed E-state index contributed by atoms with van der Waals surface area (Å²) in [6.07, 6.45) is 9.26. The second-order valence-corrected chi connectivity index (χ2v) is 10.2. The molecule has 0 aliphatic carbocycles. The van der Waals surface area contributed by atoms with Gasteiger partial charge in [-0.3, -0.25) is 4.79 Å². The number of nitrogens with one attached hydrogen (secondary N) is 1. The summed E-state index contributed by atoms with van der Waals surface area (Å²) in [7, 11) is 0. The Balaban J connectivity index is 1.20. The maximum absolute atomic E-state index is 12.7. The van der Waals surface area contributed by atoms with E-state index in [0.29, 0.717) is 0 Å². The van der Waals surface area contributed by atoms with E-state index in [1.54, 1.807) is 11.3 Å². The Bertz CT molecular complexity index is 858. The number of anilines is 1. The van der Waals surface area contributed by atoms with Crippen molar-refractivity contribution in [2.75, 3.05) is 37.6 Å². The number of thiazole rings is 1. The lowest BCUT2D eigenvalue weighted by molar-refractivity contribution is -0.125. The van der Waals surface area contributed by atoms with Crippen molar-refractivity contribution in [3.63, 3.8) is 0 Å². The fourth-order valence-corrected chi connectivity index (χ4v) is 6.18. The molecule has 0 saturated carbocycles. The molecule has 2 saturated heterocycles. The lowest BCUT2D eigenvalue weighted by Crippen LogP contribution is -2.42. The molecule has 0 radical (unpaired) electrons. The highest BCUT2D eigenvalue weighted by Crippen LogP contribution is 2.32. The van der Waals surface area contributed by atoms with Crippen LogP contribution in [0.25, 0.3) is 10.2 Å². The first kappa shape index (κ1) is 22.5. The molecule has 1 aromatic heterocycles. The van der Waals surface area contributed by atoms with Crippen LogP contribution in [0.3, 0.4) is 0 Å². The summed E-state index contributed by atoms with van der Waals surface area (Å²) in [6.45, 7) is 9.49. The van der Waals surface area contributed by atoms with E-state index < -0.39 is 0 Å². The highest BCUT2D eigenvalue weighted by molar-refractivity contribution is 7.22. The fourth-order valence-electron chi connectivity index (χ4n) is 5.10. The number of hydrogen-bond donors (Lipinski definition) is 1. The number of amides is 1. The van der Waals surface area contributed by atoms with Crippen molar-refractivity contribution in [1.29, 1.82) is 0 Å². The third-order valence-electron chi connectivity index (χ3n) is 7.13. The van der Waals surface area contributed by atoms with Gasteiger partial charge in [-0.05, 0) is 69.2 Å². The number of carbonyl (C=O) groups excluding carboxylic acids is 1. The molecule has 1 atom stereocenters. The molecule has 1 unspecified atom stereocenters. The molecule has 1 N–H and O–H groups in total. The molecule has 0 spiro atoms. The van der Waals surface area contributed by atoms with Gasteiger partial charge in [0.15, 0.2) is 5.13 Å². The lowest BCUT2D eigenvalue weighted by Gasteiger charge is -2.35. The van der Waals surface area contributed by atoms with Crippen molar-refractivity contribution >= 4 is 32.6 Å². The van der Waals surface area contributed by atoms with Gasteiger partial charge in [0.05, 0.1) is 10.2 Å². The van der Waals surface area contributed by atoms with E-state index in [1.807, 2.05) is 0 Å². The van der Waals surface area contributed by atoms with E-state index in [4.69, 9.17) is 4.98 Å². The largest absolute Gasteiger partial charge is 0.356 e. The maximum atomic E-state index is 12.7. The number of aromatic nitrogens is 1. The minimum atomic E-state index is 0.149. The molecule has 2 aromatic rings. The summed E-state index contributed by atoms with van der Waals surface area (Å²) < 4.78 is 1.27. The standard InChI is InChI=1S/C25H38N4OS/c1-3-19-9-10-22-23(18-19)31-25(27-22)29-16-11-20(12-17-29)24(30)26-13-7-15-28-14-6-5-8-21(28)4-2/h9-10,18,20-21H,3-8,11-17H2,1-2H3,(H,26,30). The first-order chi connectivity index (χ1) is 15.2. The summed E-state index contributed by atoms with van der Waals surface area (Å²) in [4.78, 5) is 22.5. The molecule has 2 aliphatic rings. The summed E-state index contributed by atoms with van der Waals surface area (Å²) >= 11 is 1.78. The minimum Gasteiger partial charge on any atom is -0.356 e. The van der Waals surface area contributed by atoms with Gasteiger partial charge < -0.3 is 15.1 Å². The Kier molecular flexibility index (Phi) is 7.83. The van der Waals surface area contributed by atoms with Gasteiger partial charge >= 0.3 is 0 Å². The van der Waals surface area contributed by atoms with Crippen molar-refractivity contribution in [3.05, 3.63) is 23.8 Å². The Morgan fingerprint density at radius 1 is 1.16 bits per heavy atom.